The number of nitrogens with zero attached hydrogens (tertiary/aromatic N) is 1. The second-order valence-electron chi connectivity index (χ2n) is 9.32. The maximum atomic E-state index is 13.5. The van der Waals surface area contributed by atoms with Crippen molar-refractivity contribution >= 4 is 69.1 Å². The van der Waals surface area contributed by atoms with Crippen molar-refractivity contribution in [2.75, 3.05) is 30.6 Å². The summed E-state index contributed by atoms with van der Waals surface area (Å²) in [5, 5.41) is 12.9. The molecule has 0 aliphatic carbocycles. The molecule has 5 rings (SSSR count). The first-order chi connectivity index (χ1) is 21.9. The van der Waals surface area contributed by atoms with Gasteiger partial charge in [-0.25, -0.2) is 4.98 Å². The van der Waals surface area contributed by atoms with Crippen LogP contribution in [0.25, 0.3) is 16.6 Å². The molecule has 0 aliphatic rings. The Kier molecular flexibility index (Phi) is 10.6. The lowest BCUT2D eigenvalue weighted by Crippen LogP contribution is -2.30. The van der Waals surface area contributed by atoms with E-state index in [0.29, 0.717) is 33.4 Å². The smallest absolute Gasteiger partial charge is 0.272 e. The molecule has 0 bridgehead atoms. The number of thiophene rings is 1. The van der Waals surface area contributed by atoms with Gasteiger partial charge in [0.25, 0.3) is 11.8 Å². The molecule has 0 aliphatic heterocycles. The van der Waals surface area contributed by atoms with E-state index < -0.39 is 11.8 Å². The van der Waals surface area contributed by atoms with Crippen LogP contribution in [0.4, 0.5) is 10.8 Å². The summed E-state index contributed by atoms with van der Waals surface area (Å²) in [4.78, 5) is 45.5. The molecular formula is C33H28N4O5S3. The fraction of sp³-hybridized carbons (Fsp3) is 0.0909. The first kappa shape index (κ1) is 31.5. The summed E-state index contributed by atoms with van der Waals surface area (Å²) in [6, 6.07) is 24.8. The Labute approximate surface area is 272 Å². The summed E-state index contributed by atoms with van der Waals surface area (Å²) < 4.78 is 10.8. The standard InChI is InChI=1S/C33H28N4O5S3/c1-41-24-14-13-22(28(18-24)42-2)16-26(35-31(39)21-8-4-3-5-9-21)32(40)34-23-10-6-11-25(17-23)44-20-30(38)37-33-36-27(19-45-33)29-12-7-15-43-29/h3-19H,20H2,1-2H3,(H,34,40)(H,35,39)(H,36,37,38)/b26-16+. The van der Waals surface area contributed by atoms with E-state index >= 15 is 0 Å². The molecule has 3 amide bonds. The maximum Gasteiger partial charge on any atom is 0.272 e. The SMILES string of the molecule is COc1ccc(/C=C(/NC(=O)c2ccccc2)C(=O)Nc2cccc(SCC(=O)Nc3nc(-c4cccs4)cs3)c2)c(OC)c1. The number of carbonyl (C=O) groups is 3. The van der Waals surface area contributed by atoms with Crippen LogP contribution >= 0.6 is 34.4 Å². The molecule has 2 heterocycles. The Hall–Kier alpha value is -4.91. The van der Waals surface area contributed by atoms with Gasteiger partial charge >= 0.3 is 0 Å². The number of nitrogens with one attached hydrogen (secondary N) is 3. The molecule has 3 aromatic carbocycles. The fourth-order valence-corrected chi connectivity index (χ4v) is 6.31. The number of anilines is 2. The number of thioether (sulfide) groups is 1. The van der Waals surface area contributed by atoms with Crippen molar-refractivity contribution in [3.05, 3.63) is 113 Å². The van der Waals surface area contributed by atoms with Crippen LogP contribution in [0.2, 0.25) is 0 Å². The van der Waals surface area contributed by atoms with Crippen molar-refractivity contribution in [2.45, 2.75) is 4.90 Å². The number of rotatable bonds is 12. The summed E-state index contributed by atoms with van der Waals surface area (Å²) in [7, 11) is 3.06. The third-order valence-electron chi connectivity index (χ3n) is 6.26. The van der Waals surface area contributed by atoms with Gasteiger partial charge < -0.3 is 25.4 Å². The molecule has 0 saturated heterocycles. The normalized spacial score (nSPS) is 11.0. The summed E-state index contributed by atoms with van der Waals surface area (Å²) in [6.45, 7) is 0. The maximum absolute atomic E-state index is 13.5. The van der Waals surface area contributed by atoms with Gasteiger partial charge in [0.1, 0.15) is 17.2 Å². The highest BCUT2D eigenvalue weighted by atomic mass is 32.2. The van der Waals surface area contributed by atoms with E-state index in [1.807, 2.05) is 29.0 Å². The van der Waals surface area contributed by atoms with Crippen LogP contribution in [0.3, 0.4) is 0 Å². The molecule has 12 heteroatoms. The van der Waals surface area contributed by atoms with Crippen LogP contribution in [0.1, 0.15) is 15.9 Å². The van der Waals surface area contributed by atoms with Crippen molar-refractivity contribution in [2.24, 2.45) is 0 Å². The van der Waals surface area contributed by atoms with Gasteiger partial charge in [-0.05, 0) is 60.0 Å². The van der Waals surface area contributed by atoms with E-state index in [1.165, 1.54) is 30.2 Å². The van der Waals surface area contributed by atoms with Gasteiger partial charge in [-0.15, -0.1) is 34.4 Å². The summed E-state index contributed by atoms with van der Waals surface area (Å²) >= 11 is 4.29. The van der Waals surface area contributed by atoms with Gasteiger partial charge in [0.15, 0.2) is 5.13 Å². The first-order valence-corrected chi connectivity index (χ1v) is 16.3. The Bertz CT molecular complexity index is 1820. The molecular weight excluding hydrogens is 629 g/mol. The average molecular weight is 657 g/mol. The molecule has 2 aromatic heterocycles. The molecule has 0 atom stereocenters. The van der Waals surface area contributed by atoms with E-state index in [4.69, 9.17) is 9.47 Å². The van der Waals surface area contributed by atoms with E-state index in [-0.39, 0.29) is 17.4 Å². The minimum atomic E-state index is -0.539. The minimum absolute atomic E-state index is 0.00937. The average Bonchev–Trinajstić information content (AvgIpc) is 3.77. The molecule has 0 spiro atoms. The highest BCUT2D eigenvalue weighted by Gasteiger charge is 2.17. The summed E-state index contributed by atoms with van der Waals surface area (Å²) in [5.41, 5.74) is 2.30. The molecule has 228 valence electrons. The Balaban J connectivity index is 1.27. The number of hydrogen-bond donors (Lipinski definition) is 3. The van der Waals surface area contributed by atoms with Crippen LogP contribution in [-0.4, -0.2) is 42.7 Å². The van der Waals surface area contributed by atoms with E-state index in [9.17, 15) is 14.4 Å². The number of thiazole rings is 1. The third kappa shape index (κ3) is 8.60. The van der Waals surface area contributed by atoms with Crippen LogP contribution < -0.4 is 25.4 Å². The highest BCUT2D eigenvalue weighted by Crippen LogP contribution is 2.29. The van der Waals surface area contributed by atoms with Crippen LogP contribution in [-0.2, 0) is 9.59 Å². The molecule has 45 heavy (non-hydrogen) atoms. The van der Waals surface area contributed by atoms with Gasteiger partial charge in [0, 0.05) is 33.2 Å². The first-order valence-electron chi connectivity index (χ1n) is 13.6. The summed E-state index contributed by atoms with van der Waals surface area (Å²) in [6.07, 6.45) is 1.54. The largest absolute Gasteiger partial charge is 0.497 e. The zero-order valence-corrected chi connectivity index (χ0v) is 26.7. The van der Waals surface area contributed by atoms with Crippen LogP contribution in [0, 0.1) is 0 Å². The predicted octanol–water partition coefficient (Wildman–Crippen LogP) is 7.03. The Morgan fingerprint density at radius 3 is 2.49 bits per heavy atom. The van der Waals surface area contributed by atoms with Gasteiger partial charge in [0.2, 0.25) is 5.91 Å². The number of aromatic nitrogens is 1. The van der Waals surface area contributed by atoms with Crippen molar-refractivity contribution in [1.29, 1.82) is 0 Å². The highest BCUT2D eigenvalue weighted by molar-refractivity contribution is 8.00. The monoisotopic (exact) mass is 656 g/mol. The van der Waals surface area contributed by atoms with Gasteiger partial charge in [-0.3, -0.25) is 14.4 Å². The third-order valence-corrected chi connectivity index (χ3v) is 8.90. The number of amides is 3. The topological polar surface area (TPSA) is 119 Å². The lowest BCUT2D eigenvalue weighted by molar-refractivity contribution is -0.114. The molecule has 0 unspecified atom stereocenters. The molecule has 5 aromatic rings. The fourth-order valence-electron chi connectivity index (χ4n) is 4.07. The van der Waals surface area contributed by atoms with Gasteiger partial charge in [-0.2, -0.15) is 0 Å². The molecule has 9 nitrogen and oxygen atoms in total. The molecule has 0 radical (unpaired) electrons. The predicted molar refractivity (Wildman–Crippen MR) is 181 cm³/mol. The van der Waals surface area contributed by atoms with E-state index in [2.05, 4.69) is 20.9 Å². The zero-order valence-electron chi connectivity index (χ0n) is 24.2. The number of methoxy groups -OCH3 is 2. The lowest BCUT2D eigenvalue weighted by Gasteiger charge is -2.13. The molecule has 0 fully saturated rings. The van der Waals surface area contributed by atoms with E-state index in [0.717, 1.165) is 15.5 Å². The van der Waals surface area contributed by atoms with Gasteiger partial charge in [-0.1, -0.05) is 30.3 Å². The number of ether oxygens (including phenoxy) is 2. The Morgan fingerprint density at radius 1 is 0.889 bits per heavy atom. The van der Waals surface area contributed by atoms with Crippen molar-refractivity contribution < 1.29 is 23.9 Å². The zero-order chi connectivity index (χ0) is 31.6. The molecule has 3 N–H and O–H groups in total. The quantitative estimate of drug-likeness (QED) is 0.0975. The van der Waals surface area contributed by atoms with E-state index in [1.54, 1.807) is 91.3 Å². The summed E-state index contributed by atoms with van der Waals surface area (Å²) in [5.74, 6) is 0.0292. The van der Waals surface area contributed by atoms with Crippen LogP contribution in [0.15, 0.2) is 106 Å². The Morgan fingerprint density at radius 2 is 1.73 bits per heavy atom. The van der Waals surface area contributed by atoms with Crippen molar-refractivity contribution in [3.8, 4) is 22.1 Å². The van der Waals surface area contributed by atoms with Crippen molar-refractivity contribution in [3.63, 3.8) is 0 Å². The number of hydrogen-bond acceptors (Lipinski definition) is 9. The number of carbonyl (C=O) groups excluding carboxylic acids is 3. The van der Waals surface area contributed by atoms with Crippen LogP contribution in [0.5, 0.6) is 11.5 Å². The number of benzene rings is 3. The van der Waals surface area contributed by atoms with Crippen molar-refractivity contribution in [1.82, 2.24) is 10.3 Å². The minimum Gasteiger partial charge on any atom is -0.497 e. The van der Waals surface area contributed by atoms with Gasteiger partial charge in [0.05, 0.1) is 30.5 Å². The molecule has 0 saturated carbocycles. The second kappa shape index (κ2) is 15.2. The second-order valence-corrected chi connectivity index (χ2v) is 12.2. The lowest BCUT2D eigenvalue weighted by atomic mass is 10.1.